The van der Waals surface area contributed by atoms with Crippen LogP contribution >= 0.6 is 11.6 Å². The zero-order valence-corrected chi connectivity index (χ0v) is 13.8. The lowest BCUT2D eigenvalue weighted by Gasteiger charge is -2.09. The lowest BCUT2D eigenvalue weighted by atomic mass is 10.1. The van der Waals surface area contributed by atoms with Gasteiger partial charge in [-0.1, -0.05) is 29.8 Å². The summed E-state index contributed by atoms with van der Waals surface area (Å²) in [4.78, 5) is 24.0. The first-order valence-electron chi connectivity index (χ1n) is 7.31. The van der Waals surface area contributed by atoms with Crippen LogP contribution in [0.2, 0.25) is 5.02 Å². The third-order valence-electron chi connectivity index (χ3n) is 4.04. The first-order chi connectivity index (χ1) is 11.8. The zero-order valence-electron chi connectivity index (χ0n) is 13.0. The second-order valence-electron chi connectivity index (χ2n) is 5.52. The molecular weight excluding hydrogens is 352 g/mol. The predicted molar refractivity (Wildman–Crippen MR) is 89.1 cm³/mol. The number of aromatic nitrogens is 1. The molecule has 4 nitrogen and oxygen atoms in total. The molecule has 0 unspecified atom stereocenters. The zero-order chi connectivity index (χ0) is 18.3. The summed E-state index contributed by atoms with van der Waals surface area (Å²) in [5, 5.41) is 8.94. The minimum atomic E-state index is -1.15. The second-order valence-corrected chi connectivity index (χ2v) is 5.89. The van der Waals surface area contributed by atoms with Crippen molar-refractivity contribution in [2.75, 3.05) is 0 Å². The summed E-state index contributed by atoms with van der Waals surface area (Å²) in [6.07, 6.45) is -0.278. The fourth-order valence-corrected chi connectivity index (χ4v) is 3.05. The van der Waals surface area contributed by atoms with Crippen molar-refractivity contribution in [2.24, 2.45) is 0 Å². The minimum absolute atomic E-state index is 0.278. The molecular formula is C18H12ClF2NO3. The van der Waals surface area contributed by atoms with Crippen LogP contribution in [0.1, 0.15) is 21.6 Å². The smallest absolute Gasteiger partial charge is 0.307 e. The summed E-state index contributed by atoms with van der Waals surface area (Å²) in [6.45, 7) is 1.58. The average Bonchev–Trinajstić information content (AvgIpc) is 2.84. The topological polar surface area (TPSA) is 59.3 Å². The van der Waals surface area contributed by atoms with Gasteiger partial charge in [0.1, 0.15) is 10.8 Å². The monoisotopic (exact) mass is 363 g/mol. The number of rotatable bonds is 3. The van der Waals surface area contributed by atoms with Crippen LogP contribution in [0.15, 0.2) is 36.4 Å². The lowest BCUT2D eigenvalue weighted by molar-refractivity contribution is -0.136. The van der Waals surface area contributed by atoms with Gasteiger partial charge in [0, 0.05) is 11.1 Å². The molecule has 0 aliphatic rings. The molecule has 1 N–H and O–H groups in total. The third kappa shape index (κ3) is 2.78. The molecule has 1 heterocycles. The molecule has 0 spiro atoms. The van der Waals surface area contributed by atoms with Gasteiger partial charge in [0.25, 0.3) is 5.91 Å². The molecule has 0 aliphatic carbocycles. The molecule has 0 amide bonds. The van der Waals surface area contributed by atoms with Crippen LogP contribution in [-0.2, 0) is 11.2 Å². The van der Waals surface area contributed by atoms with E-state index in [0.717, 1.165) is 12.1 Å². The van der Waals surface area contributed by atoms with Gasteiger partial charge in [0.15, 0.2) is 5.82 Å². The number of carboxylic acid groups (broad SMARTS) is 1. The summed E-state index contributed by atoms with van der Waals surface area (Å²) in [7, 11) is 0. The minimum Gasteiger partial charge on any atom is -0.481 e. The second kappa shape index (κ2) is 6.29. The highest BCUT2D eigenvalue weighted by Gasteiger charge is 2.24. The Morgan fingerprint density at radius 3 is 2.52 bits per heavy atom. The van der Waals surface area contributed by atoms with E-state index in [9.17, 15) is 18.4 Å². The maximum absolute atomic E-state index is 14.2. The summed E-state index contributed by atoms with van der Waals surface area (Å²) < 4.78 is 28.8. The van der Waals surface area contributed by atoms with Gasteiger partial charge >= 0.3 is 5.97 Å². The predicted octanol–water partition coefficient (Wildman–Crippen LogP) is 4.20. The van der Waals surface area contributed by atoms with Crippen molar-refractivity contribution >= 4 is 34.4 Å². The number of fused-ring (bicyclic) bond motifs is 1. The number of hydrogen-bond acceptors (Lipinski definition) is 2. The Morgan fingerprint density at radius 2 is 1.84 bits per heavy atom. The molecule has 3 aromatic rings. The first kappa shape index (κ1) is 17.1. The highest BCUT2D eigenvalue weighted by atomic mass is 35.5. The molecule has 3 rings (SSSR count). The lowest BCUT2D eigenvalue weighted by Crippen LogP contribution is -2.16. The van der Waals surface area contributed by atoms with Crippen molar-refractivity contribution in [1.29, 1.82) is 0 Å². The van der Waals surface area contributed by atoms with E-state index < -0.39 is 34.1 Å². The largest absolute Gasteiger partial charge is 0.481 e. The van der Waals surface area contributed by atoms with Gasteiger partial charge in [0.2, 0.25) is 0 Å². The van der Waals surface area contributed by atoms with Crippen molar-refractivity contribution in [3.05, 3.63) is 69.9 Å². The Labute approximate surface area is 146 Å². The van der Waals surface area contributed by atoms with Gasteiger partial charge in [-0.2, -0.15) is 0 Å². The summed E-state index contributed by atoms with van der Waals surface area (Å²) in [5.74, 6) is -3.90. The van der Waals surface area contributed by atoms with Crippen molar-refractivity contribution in [1.82, 2.24) is 4.57 Å². The van der Waals surface area contributed by atoms with Crippen LogP contribution in [0.5, 0.6) is 0 Å². The molecule has 0 saturated carbocycles. The molecule has 2 aromatic carbocycles. The Balaban J connectivity index is 2.26. The van der Waals surface area contributed by atoms with Gasteiger partial charge in [-0.25, -0.2) is 8.78 Å². The number of carboxylic acids is 1. The number of carbonyl (C=O) groups is 2. The van der Waals surface area contributed by atoms with Crippen LogP contribution in [0.25, 0.3) is 10.9 Å². The Morgan fingerprint density at radius 1 is 1.16 bits per heavy atom. The highest BCUT2D eigenvalue weighted by Crippen LogP contribution is 2.29. The van der Waals surface area contributed by atoms with Gasteiger partial charge in [-0.3, -0.25) is 14.2 Å². The quantitative estimate of drug-likeness (QED) is 0.709. The maximum atomic E-state index is 14.2. The van der Waals surface area contributed by atoms with Crippen LogP contribution in [0.4, 0.5) is 8.78 Å². The standard InChI is InChI=1S/C18H12ClF2NO3/c1-9-12(8-15(23)24)10-4-2-3-5-14(10)22(9)18(25)11-6-7-13(20)16(19)17(11)21/h2-7H,8H2,1H3,(H,23,24). The van der Waals surface area contributed by atoms with Crippen LogP contribution in [-0.4, -0.2) is 21.6 Å². The fraction of sp³-hybridized carbons (Fsp3) is 0.111. The van der Waals surface area contributed by atoms with Gasteiger partial charge in [0.05, 0.1) is 17.5 Å². The summed E-state index contributed by atoms with van der Waals surface area (Å²) in [6, 6.07) is 8.66. The average molecular weight is 364 g/mol. The van der Waals surface area contributed by atoms with Crippen LogP contribution in [0, 0.1) is 18.6 Å². The molecule has 0 saturated heterocycles. The molecule has 0 aliphatic heterocycles. The van der Waals surface area contributed by atoms with Crippen molar-refractivity contribution < 1.29 is 23.5 Å². The molecule has 128 valence electrons. The summed E-state index contributed by atoms with van der Waals surface area (Å²) >= 11 is 5.56. The number of aliphatic carboxylic acids is 1. The van der Waals surface area contributed by atoms with Crippen molar-refractivity contribution in [3.8, 4) is 0 Å². The molecule has 0 atom stereocenters. The molecule has 0 bridgehead atoms. The van der Waals surface area contributed by atoms with E-state index in [1.807, 2.05) is 0 Å². The number of carbonyl (C=O) groups excluding carboxylic acids is 1. The fourth-order valence-electron chi connectivity index (χ4n) is 2.88. The van der Waals surface area contributed by atoms with Crippen molar-refractivity contribution in [3.63, 3.8) is 0 Å². The molecule has 7 heteroatoms. The van der Waals surface area contributed by atoms with Gasteiger partial charge in [-0.05, 0) is 30.7 Å². The number of para-hydroxylation sites is 1. The van der Waals surface area contributed by atoms with Crippen LogP contribution < -0.4 is 0 Å². The normalized spacial score (nSPS) is 11.0. The molecule has 25 heavy (non-hydrogen) atoms. The van der Waals surface area contributed by atoms with E-state index in [1.165, 1.54) is 4.57 Å². The Bertz CT molecular complexity index is 1030. The molecule has 0 fully saturated rings. The van der Waals surface area contributed by atoms with E-state index >= 15 is 0 Å². The first-order valence-corrected chi connectivity index (χ1v) is 7.69. The highest BCUT2D eigenvalue weighted by molar-refractivity contribution is 6.31. The van der Waals surface area contributed by atoms with Gasteiger partial charge in [-0.15, -0.1) is 0 Å². The number of nitrogens with zero attached hydrogens (tertiary/aromatic N) is 1. The summed E-state index contributed by atoms with van der Waals surface area (Å²) in [5.41, 5.74) is 0.900. The number of hydrogen-bond donors (Lipinski definition) is 1. The maximum Gasteiger partial charge on any atom is 0.307 e. The third-order valence-corrected chi connectivity index (χ3v) is 4.39. The Kier molecular flexibility index (Phi) is 4.30. The van der Waals surface area contributed by atoms with Gasteiger partial charge < -0.3 is 5.11 Å². The molecule has 1 aromatic heterocycles. The molecule has 0 radical (unpaired) electrons. The van der Waals surface area contributed by atoms with Crippen molar-refractivity contribution in [2.45, 2.75) is 13.3 Å². The van der Waals surface area contributed by atoms with E-state index in [-0.39, 0.29) is 6.42 Å². The van der Waals surface area contributed by atoms with Crippen LogP contribution in [0.3, 0.4) is 0 Å². The SMILES string of the molecule is Cc1c(CC(=O)O)c2ccccc2n1C(=O)c1ccc(F)c(Cl)c1F. The van der Waals surface area contributed by atoms with E-state index in [0.29, 0.717) is 22.2 Å². The van der Waals surface area contributed by atoms with E-state index in [4.69, 9.17) is 16.7 Å². The number of halogens is 3. The van der Waals surface area contributed by atoms with E-state index in [2.05, 4.69) is 0 Å². The Hall–Kier alpha value is -2.73. The van der Waals surface area contributed by atoms with E-state index in [1.54, 1.807) is 31.2 Å². The number of benzene rings is 2.